The molecule has 0 aromatic carbocycles. The first-order chi connectivity index (χ1) is 12.8. The number of hydrogen-bond acceptors (Lipinski definition) is 12. The number of ether oxygens (including phenoxy) is 4. The predicted octanol–water partition coefficient (Wildman–Crippen LogP) is -4.05. The van der Waals surface area contributed by atoms with Gasteiger partial charge in [0.2, 0.25) is 0 Å². The van der Waals surface area contributed by atoms with E-state index in [1.54, 1.807) is 0 Å². The zero-order chi connectivity index (χ0) is 20.1. The molecule has 0 bridgehead atoms. The summed E-state index contributed by atoms with van der Waals surface area (Å²) in [6.07, 6.45) is -13.9. The van der Waals surface area contributed by atoms with E-state index in [9.17, 15) is 35.7 Å². The maximum Gasteiger partial charge on any atom is 0.187 e. The topological polar surface area (TPSA) is 179 Å². The lowest BCUT2D eigenvalue weighted by Crippen LogP contribution is -2.64. The third-order valence-corrected chi connectivity index (χ3v) is 4.86. The summed E-state index contributed by atoms with van der Waals surface area (Å²) in [6.45, 7) is -1.04. The molecule has 2 heterocycles. The summed E-state index contributed by atoms with van der Waals surface area (Å²) in [7, 11) is 0. The molecule has 0 spiro atoms. The average molecular weight is 416 g/mol. The van der Waals surface area contributed by atoms with Crippen LogP contribution in [0.3, 0.4) is 0 Å². The van der Waals surface area contributed by atoms with Gasteiger partial charge in [0.1, 0.15) is 48.8 Å². The first-order valence-corrected chi connectivity index (χ1v) is 9.29. The van der Waals surface area contributed by atoms with Crippen LogP contribution in [0.4, 0.5) is 0 Å². The van der Waals surface area contributed by atoms with Gasteiger partial charge >= 0.3 is 0 Å². The van der Waals surface area contributed by atoms with Gasteiger partial charge in [0.05, 0.1) is 19.8 Å². The molecule has 0 aromatic heterocycles. The summed E-state index contributed by atoms with van der Waals surface area (Å²) >= 11 is 4.04. The molecule has 10 atom stereocenters. The fourth-order valence-corrected chi connectivity index (χ4v) is 3.08. The van der Waals surface area contributed by atoms with Crippen molar-refractivity contribution in [2.24, 2.45) is 0 Å². The number of aliphatic hydroxyl groups excluding tert-OH is 7. The highest BCUT2D eigenvalue weighted by Gasteiger charge is 2.50. The van der Waals surface area contributed by atoms with E-state index in [2.05, 4.69) is 12.6 Å². The predicted molar refractivity (Wildman–Crippen MR) is 90.8 cm³/mol. The highest BCUT2D eigenvalue weighted by Crippen LogP contribution is 2.29. The Morgan fingerprint density at radius 1 is 0.741 bits per heavy atom. The third kappa shape index (κ3) is 5.29. The van der Waals surface area contributed by atoms with Crippen molar-refractivity contribution in [3.05, 3.63) is 0 Å². The minimum absolute atomic E-state index is 0.201. The van der Waals surface area contributed by atoms with Gasteiger partial charge in [-0.05, 0) is 12.2 Å². The molecule has 2 aliphatic heterocycles. The first-order valence-electron chi connectivity index (χ1n) is 8.66. The molecule has 7 N–H and O–H groups in total. The first kappa shape index (κ1) is 23.2. The third-order valence-electron chi connectivity index (χ3n) is 4.55. The van der Waals surface area contributed by atoms with Crippen LogP contribution in [-0.2, 0) is 18.9 Å². The van der Waals surface area contributed by atoms with Crippen molar-refractivity contribution in [3.63, 3.8) is 0 Å². The van der Waals surface area contributed by atoms with Gasteiger partial charge in [-0.2, -0.15) is 12.6 Å². The second-order valence-electron chi connectivity index (χ2n) is 6.45. The Morgan fingerprint density at radius 3 is 1.93 bits per heavy atom. The Labute approximate surface area is 161 Å². The summed E-state index contributed by atoms with van der Waals surface area (Å²) in [5.74, 6) is 0.541. The highest BCUT2D eigenvalue weighted by atomic mass is 32.1. The van der Waals surface area contributed by atoms with E-state index in [0.29, 0.717) is 12.2 Å². The fraction of sp³-hybridized carbons (Fsp3) is 1.00. The quantitative estimate of drug-likeness (QED) is 0.143. The Hall–Kier alpha value is -0.0900. The average Bonchev–Trinajstić information content (AvgIpc) is 2.66. The molecule has 27 heavy (non-hydrogen) atoms. The molecular formula is C15H28O11S. The Bertz CT molecular complexity index is 442. The number of rotatable bonds is 8. The van der Waals surface area contributed by atoms with Crippen LogP contribution in [0.25, 0.3) is 0 Å². The maximum atomic E-state index is 10.4. The van der Waals surface area contributed by atoms with Gasteiger partial charge in [-0.25, -0.2) is 0 Å². The summed E-state index contributed by atoms with van der Waals surface area (Å²) < 4.78 is 21.4. The molecule has 2 aliphatic rings. The van der Waals surface area contributed by atoms with E-state index in [1.165, 1.54) is 0 Å². The van der Waals surface area contributed by atoms with Crippen LogP contribution < -0.4 is 0 Å². The summed E-state index contributed by atoms with van der Waals surface area (Å²) in [5.41, 5.74) is 0. The van der Waals surface area contributed by atoms with E-state index in [4.69, 9.17) is 18.9 Å². The van der Waals surface area contributed by atoms with E-state index < -0.39 is 74.6 Å². The Balaban J connectivity index is 2.10. The molecule has 0 unspecified atom stereocenters. The molecule has 0 saturated carbocycles. The summed E-state index contributed by atoms with van der Waals surface area (Å²) in [5, 5.41) is 69.1. The van der Waals surface area contributed by atoms with Crippen molar-refractivity contribution in [1.29, 1.82) is 0 Å². The zero-order valence-corrected chi connectivity index (χ0v) is 15.4. The van der Waals surface area contributed by atoms with Crippen LogP contribution in [0.15, 0.2) is 0 Å². The van der Waals surface area contributed by atoms with Crippen LogP contribution in [-0.4, -0.2) is 123 Å². The van der Waals surface area contributed by atoms with Gasteiger partial charge in [0.15, 0.2) is 12.6 Å². The van der Waals surface area contributed by atoms with Gasteiger partial charge in [-0.1, -0.05) is 0 Å². The number of aliphatic hydroxyl groups is 7. The zero-order valence-electron chi connectivity index (χ0n) is 14.5. The molecular weight excluding hydrogens is 388 g/mol. The molecule has 12 heteroatoms. The van der Waals surface area contributed by atoms with Gasteiger partial charge in [0, 0.05) is 0 Å². The SMILES string of the molecule is OC[C@H]1O[C@H](O[C@H]2[C@@H](O)[C@@H](CO)O[C@@H](OCCCS)[C@@H]2O)[C@H](O)[C@@H](O)[C@H]1O. The van der Waals surface area contributed by atoms with Crippen LogP contribution >= 0.6 is 12.6 Å². The van der Waals surface area contributed by atoms with Crippen LogP contribution in [0.5, 0.6) is 0 Å². The van der Waals surface area contributed by atoms with Crippen LogP contribution in [0, 0.1) is 0 Å². The Kier molecular flexibility index (Phi) is 9.12. The lowest BCUT2D eigenvalue weighted by Gasteiger charge is -2.45. The minimum Gasteiger partial charge on any atom is -0.394 e. The van der Waals surface area contributed by atoms with Crippen LogP contribution in [0.1, 0.15) is 6.42 Å². The molecule has 160 valence electrons. The molecule has 2 fully saturated rings. The van der Waals surface area contributed by atoms with E-state index in [-0.39, 0.29) is 6.61 Å². The Morgan fingerprint density at radius 2 is 1.33 bits per heavy atom. The second-order valence-corrected chi connectivity index (χ2v) is 6.90. The molecule has 11 nitrogen and oxygen atoms in total. The normalized spacial score (nSPS) is 45.8. The van der Waals surface area contributed by atoms with Crippen molar-refractivity contribution in [2.75, 3.05) is 25.6 Å². The van der Waals surface area contributed by atoms with Crippen molar-refractivity contribution < 1.29 is 54.7 Å². The smallest absolute Gasteiger partial charge is 0.187 e. The molecule has 0 amide bonds. The lowest BCUT2D eigenvalue weighted by molar-refractivity contribution is -0.360. The molecule has 0 aromatic rings. The molecule has 2 rings (SSSR count). The molecule has 0 aliphatic carbocycles. The summed E-state index contributed by atoms with van der Waals surface area (Å²) in [6, 6.07) is 0. The highest BCUT2D eigenvalue weighted by molar-refractivity contribution is 7.80. The van der Waals surface area contributed by atoms with Gasteiger partial charge in [0.25, 0.3) is 0 Å². The number of hydrogen-bond donors (Lipinski definition) is 8. The van der Waals surface area contributed by atoms with Crippen LogP contribution in [0.2, 0.25) is 0 Å². The van der Waals surface area contributed by atoms with Crippen molar-refractivity contribution in [3.8, 4) is 0 Å². The van der Waals surface area contributed by atoms with E-state index in [1.807, 2.05) is 0 Å². The summed E-state index contributed by atoms with van der Waals surface area (Å²) in [4.78, 5) is 0. The standard InChI is InChI=1S/C15H28O11S/c16-4-6-8(18)10(20)11(21)15(25-6)26-13-9(19)7(5-17)24-14(12(13)22)23-2-1-3-27/h6-22,27H,1-5H2/t6-,7-,8+,9+,10+,11-,12-,13+,14-,15-/m1/s1. The monoisotopic (exact) mass is 416 g/mol. The number of thiol groups is 1. The largest absolute Gasteiger partial charge is 0.394 e. The van der Waals surface area contributed by atoms with Gasteiger partial charge in [-0.3, -0.25) is 0 Å². The van der Waals surface area contributed by atoms with E-state index in [0.717, 1.165) is 0 Å². The maximum absolute atomic E-state index is 10.4. The minimum atomic E-state index is -1.71. The van der Waals surface area contributed by atoms with Crippen molar-refractivity contribution >= 4 is 12.6 Å². The van der Waals surface area contributed by atoms with E-state index >= 15 is 0 Å². The lowest BCUT2D eigenvalue weighted by atomic mass is 9.97. The van der Waals surface area contributed by atoms with Crippen molar-refractivity contribution in [1.82, 2.24) is 0 Å². The van der Waals surface area contributed by atoms with Gasteiger partial charge < -0.3 is 54.7 Å². The second kappa shape index (κ2) is 10.6. The molecule has 2 saturated heterocycles. The van der Waals surface area contributed by atoms with Gasteiger partial charge in [-0.15, -0.1) is 0 Å². The fourth-order valence-electron chi connectivity index (χ4n) is 2.95. The van der Waals surface area contributed by atoms with Crippen molar-refractivity contribution in [2.45, 2.75) is 67.8 Å². The molecule has 0 radical (unpaired) electrons.